The van der Waals surface area contributed by atoms with E-state index in [1.807, 2.05) is 11.3 Å². The minimum atomic E-state index is -0.0424. The molecule has 0 spiro atoms. The van der Waals surface area contributed by atoms with Crippen molar-refractivity contribution in [1.82, 2.24) is 5.32 Å². The fraction of sp³-hybridized carbons (Fsp3) is 0.733. The average molecular weight is 267 g/mol. The van der Waals surface area contributed by atoms with Gasteiger partial charge in [-0.05, 0) is 63.1 Å². The van der Waals surface area contributed by atoms with Gasteiger partial charge in [-0.25, -0.2) is 0 Å². The Balaban J connectivity index is 2.21. The van der Waals surface area contributed by atoms with Crippen LogP contribution in [0.15, 0.2) is 11.4 Å². The number of ether oxygens (including phenoxy) is 1. The van der Waals surface area contributed by atoms with E-state index in [-0.39, 0.29) is 5.60 Å². The zero-order valence-electron chi connectivity index (χ0n) is 11.8. The van der Waals surface area contributed by atoms with E-state index in [0.29, 0.717) is 6.04 Å². The second-order valence-electron chi connectivity index (χ2n) is 5.44. The van der Waals surface area contributed by atoms with Gasteiger partial charge in [0.2, 0.25) is 0 Å². The zero-order valence-corrected chi connectivity index (χ0v) is 12.6. The molecule has 2 rings (SSSR count). The average Bonchev–Trinajstić information content (AvgIpc) is 2.77. The van der Waals surface area contributed by atoms with Crippen molar-refractivity contribution in [2.45, 2.75) is 58.1 Å². The maximum Gasteiger partial charge on any atom is 0.0848 e. The van der Waals surface area contributed by atoms with Gasteiger partial charge in [-0.2, -0.15) is 0 Å². The van der Waals surface area contributed by atoms with Crippen LogP contribution in [0.25, 0.3) is 0 Å². The summed E-state index contributed by atoms with van der Waals surface area (Å²) >= 11 is 1.83. The van der Waals surface area contributed by atoms with Crippen molar-refractivity contribution in [2.75, 3.05) is 13.2 Å². The Bertz CT molecular complexity index is 368. The molecule has 2 nitrogen and oxygen atoms in total. The standard InChI is InChI=1S/C15H25NOS/c1-4-9-16-14(13-7-11-18-12(13)2)15(3)8-5-6-10-17-15/h7,11,14,16H,4-6,8-10H2,1-3H3. The number of nitrogens with one attached hydrogen (secondary N) is 1. The Morgan fingerprint density at radius 2 is 2.33 bits per heavy atom. The minimum absolute atomic E-state index is 0.0424. The summed E-state index contributed by atoms with van der Waals surface area (Å²) in [6.07, 6.45) is 4.81. The molecule has 2 heterocycles. The third-order valence-electron chi connectivity index (χ3n) is 3.92. The summed E-state index contributed by atoms with van der Waals surface area (Å²) in [6, 6.07) is 2.60. The first-order valence-electron chi connectivity index (χ1n) is 7.08. The quantitative estimate of drug-likeness (QED) is 0.869. The number of aryl methyl sites for hydroxylation is 1. The first-order valence-corrected chi connectivity index (χ1v) is 7.96. The third-order valence-corrected chi connectivity index (χ3v) is 4.78. The van der Waals surface area contributed by atoms with Gasteiger partial charge in [-0.3, -0.25) is 0 Å². The van der Waals surface area contributed by atoms with Gasteiger partial charge in [0.1, 0.15) is 0 Å². The molecule has 1 aromatic heterocycles. The van der Waals surface area contributed by atoms with Gasteiger partial charge in [0.15, 0.2) is 0 Å². The lowest BCUT2D eigenvalue weighted by Gasteiger charge is -2.41. The van der Waals surface area contributed by atoms with Crippen LogP contribution in [-0.4, -0.2) is 18.8 Å². The van der Waals surface area contributed by atoms with E-state index < -0.39 is 0 Å². The zero-order chi connectivity index (χ0) is 13.0. The molecule has 0 bridgehead atoms. The molecule has 1 saturated heterocycles. The van der Waals surface area contributed by atoms with Gasteiger partial charge >= 0.3 is 0 Å². The predicted octanol–water partition coefficient (Wildman–Crippen LogP) is 4.06. The summed E-state index contributed by atoms with van der Waals surface area (Å²) < 4.78 is 6.15. The van der Waals surface area contributed by atoms with Crippen LogP contribution < -0.4 is 5.32 Å². The van der Waals surface area contributed by atoms with Gasteiger partial charge in [-0.1, -0.05) is 6.92 Å². The number of hydrogen-bond donors (Lipinski definition) is 1. The molecule has 1 aliphatic rings. The molecular weight excluding hydrogens is 242 g/mol. The molecule has 2 unspecified atom stereocenters. The van der Waals surface area contributed by atoms with Crippen LogP contribution in [0.2, 0.25) is 0 Å². The molecule has 102 valence electrons. The lowest BCUT2D eigenvalue weighted by Crippen LogP contribution is -2.46. The van der Waals surface area contributed by atoms with Crippen LogP contribution in [0.5, 0.6) is 0 Å². The molecule has 18 heavy (non-hydrogen) atoms. The van der Waals surface area contributed by atoms with Crippen molar-refractivity contribution < 1.29 is 4.74 Å². The van der Waals surface area contributed by atoms with Crippen molar-refractivity contribution in [3.63, 3.8) is 0 Å². The van der Waals surface area contributed by atoms with E-state index in [1.54, 1.807) is 0 Å². The van der Waals surface area contributed by atoms with Crippen LogP contribution in [0.3, 0.4) is 0 Å². The second-order valence-corrected chi connectivity index (χ2v) is 6.56. The van der Waals surface area contributed by atoms with Crippen LogP contribution >= 0.6 is 11.3 Å². The molecule has 1 aromatic rings. The van der Waals surface area contributed by atoms with E-state index >= 15 is 0 Å². The first kappa shape index (κ1) is 14.0. The SMILES string of the molecule is CCCNC(c1ccsc1C)C1(C)CCCCO1. The third kappa shape index (κ3) is 2.95. The Hall–Kier alpha value is -0.380. The van der Waals surface area contributed by atoms with Gasteiger partial charge in [0, 0.05) is 11.5 Å². The Kier molecular flexibility index (Phi) is 4.82. The largest absolute Gasteiger partial charge is 0.373 e. The van der Waals surface area contributed by atoms with Crippen LogP contribution in [0, 0.1) is 6.92 Å². The maximum atomic E-state index is 6.15. The molecule has 1 aliphatic heterocycles. The van der Waals surface area contributed by atoms with E-state index in [4.69, 9.17) is 4.74 Å². The van der Waals surface area contributed by atoms with Crippen molar-refractivity contribution in [3.05, 3.63) is 21.9 Å². The Morgan fingerprint density at radius 1 is 1.50 bits per heavy atom. The fourth-order valence-electron chi connectivity index (χ4n) is 2.82. The van der Waals surface area contributed by atoms with Crippen molar-refractivity contribution in [2.24, 2.45) is 0 Å². The fourth-order valence-corrected chi connectivity index (χ4v) is 3.56. The molecule has 0 saturated carbocycles. The number of thiophene rings is 1. The summed E-state index contributed by atoms with van der Waals surface area (Å²) in [5.74, 6) is 0. The van der Waals surface area contributed by atoms with E-state index in [2.05, 4.69) is 37.5 Å². The summed E-state index contributed by atoms with van der Waals surface area (Å²) in [7, 11) is 0. The van der Waals surface area contributed by atoms with Gasteiger partial charge < -0.3 is 10.1 Å². The van der Waals surface area contributed by atoms with Gasteiger partial charge in [0.25, 0.3) is 0 Å². The Labute approximate surface area is 115 Å². The summed E-state index contributed by atoms with van der Waals surface area (Å²) in [5.41, 5.74) is 1.39. The second kappa shape index (κ2) is 6.18. The number of hydrogen-bond acceptors (Lipinski definition) is 3. The number of rotatable bonds is 5. The van der Waals surface area contributed by atoms with Gasteiger partial charge in [0.05, 0.1) is 11.6 Å². The first-order chi connectivity index (χ1) is 8.67. The monoisotopic (exact) mass is 267 g/mol. The topological polar surface area (TPSA) is 21.3 Å². The summed E-state index contributed by atoms with van der Waals surface area (Å²) in [5, 5.41) is 5.90. The highest BCUT2D eigenvalue weighted by Gasteiger charge is 2.38. The van der Waals surface area contributed by atoms with Crippen molar-refractivity contribution in [1.29, 1.82) is 0 Å². The Morgan fingerprint density at radius 3 is 2.89 bits per heavy atom. The molecule has 3 heteroatoms. The van der Waals surface area contributed by atoms with Crippen LogP contribution in [-0.2, 0) is 4.74 Å². The van der Waals surface area contributed by atoms with Crippen molar-refractivity contribution in [3.8, 4) is 0 Å². The van der Waals surface area contributed by atoms with Crippen LogP contribution in [0.1, 0.15) is 56.0 Å². The molecular formula is C15H25NOS. The van der Waals surface area contributed by atoms with E-state index in [9.17, 15) is 0 Å². The predicted molar refractivity (Wildman–Crippen MR) is 78.3 cm³/mol. The molecule has 0 aliphatic carbocycles. The normalized spacial score (nSPS) is 26.2. The molecule has 0 radical (unpaired) electrons. The molecule has 1 N–H and O–H groups in total. The highest BCUT2D eigenvalue weighted by atomic mass is 32.1. The molecule has 2 atom stereocenters. The minimum Gasteiger partial charge on any atom is -0.373 e. The summed E-state index contributed by atoms with van der Waals surface area (Å²) in [6.45, 7) is 8.67. The molecule has 0 aromatic carbocycles. The van der Waals surface area contributed by atoms with Crippen LogP contribution in [0.4, 0.5) is 0 Å². The maximum absolute atomic E-state index is 6.15. The molecule has 1 fully saturated rings. The van der Waals surface area contributed by atoms with Crippen molar-refractivity contribution >= 4 is 11.3 Å². The lowest BCUT2D eigenvalue weighted by atomic mass is 9.84. The van der Waals surface area contributed by atoms with E-state index in [1.165, 1.54) is 23.3 Å². The summed E-state index contributed by atoms with van der Waals surface area (Å²) in [4.78, 5) is 1.42. The smallest absolute Gasteiger partial charge is 0.0848 e. The highest BCUT2D eigenvalue weighted by molar-refractivity contribution is 7.10. The molecule has 0 amide bonds. The van der Waals surface area contributed by atoms with Gasteiger partial charge in [-0.15, -0.1) is 11.3 Å². The highest BCUT2D eigenvalue weighted by Crippen LogP contribution is 2.38. The lowest BCUT2D eigenvalue weighted by molar-refractivity contribution is -0.0897. The van der Waals surface area contributed by atoms with E-state index in [0.717, 1.165) is 26.0 Å².